The summed E-state index contributed by atoms with van der Waals surface area (Å²) in [5.41, 5.74) is 2.83. The van der Waals surface area contributed by atoms with Crippen molar-refractivity contribution in [2.45, 2.75) is 32.2 Å². The molecule has 43 heavy (non-hydrogen) atoms. The molecule has 0 spiro atoms. The van der Waals surface area contributed by atoms with E-state index in [4.69, 9.17) is 4.74 Å². The molecule has 0 aliphatic carbocycles. The van der Waals surface area contributed by atoms with Crippen molar-refractivity contribution in [1.29, 1.82) is 0 Å². The molecule has 0 atom stereocenters. The van der Waals surface area contributed by atoms with Gasteiger partial charge in [-0.3, -0.25) is 4.79 Å². The molecule has 3 amide bonds. The summed E-state index contributed by atoms with van der Waals surface area (Å²) in [6.07, 6.45) is -3.77. The number of anilines is 2. The van der Waals surface area contributed by atoms with Crippen LogP contribution in [0.5, 0.6) is 11.5 Å². The number of benzene rings is 4. The van der Waals surface area contributed by atoms with Gasteiger partial charge >= 0.3 is 12.4 Å². The molecule has 7 nitrogen and oxygen atoms in total. The van der Waals surface area contributed by atoms with E-state index in [-0.39, 0.29) is 17.7 Å². The molecule has 2 N–H and O–H groups in total. The third-order valence-electron chi connectivity index (χ3n) is 7.00. The zero-order valence-electron chi connectivity index (χ0n) is 23.4. The Balaban J connectivity index is 1.26. The van der Waals surface area contributed by atoms with Crippen molar-refractivity contribution >= 4 is 23.3 Å². The molecule has 0 aromatic heterocycles. The van der Waals surface area contributed by atoms with Crippen LogP contribution in [0.1, 0.15) is 28.8 Å². The second-order valence-corrected chi connectivity index (χ2v) is 10.2. The number of nitrogens with one attached hydrogen (secondary N) is 2. The van der Waals surface area contributed by atoms with E-state index in [9.17, 15) is 22.8 Å². The lowest BCUT2D eigenvalue weighted by Gasteiger charge is -2.32. The molecule has 4 aromatic rings. The highest BCUT2D eigenvalue weighted by Gasteiger charge is 2.32. The van der Waals surface area contributed by atoms with Crippen molar-refractivity contribution < 1.29 is 32.2 Å². The van der Waals surface area contributed by atoms with Gasteiger partial charge in [0.15, 0.2) is 0 Å². The number of hydrogen-bond donors (Lipinski definition) is 2. The van der Waals surface area contributed by atoms with E-state index in [0.29, 0.717) is 54.1 Å². The van der Waals surface area contributed by atoms with Gasteiger partial charge in [-0.25, -0.2) is 4.79 Å². The first-order chi connectivity index (χ1) is 20.6. The second kappa shape index (κ2) is 12.9. The number of likely N-dealkylation sites (tertiary alicyclic amines) is 1. The number of alkyl halides is 3. The van der Waals surface area contributed by atoms with Gasteiger partial charge in [-0.2, -0.15) is 0 Å². The van der Waals surface area contributed by atoms with Crippen LogP contribution in [-0.2, 0) is 0 Å². The van der Waals surface area contributed by atoms with Crippen LogP contribution in [-0.4, -0.2) is 42.4 Å². The Morgan fingerprint density at radius 3 is 2.12 bits per heavy atom. The molecular weight excluding hydrogens is 559 g/mol. The lowest BCUT2D eigenvalue weighted by Crippen LogP contribution is -2.43. The predicted octanol–water partition coefficient (Wildman–Crippen LogP) is 7.89. The van der Waals surface area contributed by atoms with Crippen LogP contribution in [0.25, 0.3) is 11.1 Å². The normalized spacial score (nSPS) is 13.7. The van der Waals surface area contributed by atoms with Gasteiger partial charge in [0.2, 0.25) is 0 Å². The molecular formula is C33H30F3N3O4. The summed E-state index contributed by atoms with van der Waals surface area (Å²) in [6.45, 7) is 2.68. The van der Waals surface area contributed by atoms with Crippen LogP contribution in [0.15, 0.2) is 97.1 Å². The van der Waals surface area contributed by atoms with Crippen molar-refractivity contribution in [3.63, 3.8) is 0 Å². The van der Waals surface area contributed by atoms with E-state index in [1.165, 1.54) is 6.07 Å². The zero-order chi connectivity index (χ0) is 30.4. The molecule has 1 aliphatic rings. The fourth-order valence-electron chi connectivity index (χ4n) is 5.05. The summed E-state index contributed by atoms with van der Waals surface area (Å²) in [7, 11) is 0. The maximum atomic E-state index is 13.5. The van der Waals surface area contributed by atoms with Crippen LogP contribution in [0.2, 0.25) is 0 Å². The molecule has 1 fully saturated rings. The Bertz CT molecular complexity index is 1570. The first-order valence-electron chi connectivity index (χ1n) is 13.8. The summed E-state index contributed by atoms with van der Waals surface area (Å²) in [6, 6.07) is 27.2. The number of urea groups is 1. The van der Waals surface area contributed by atoms with Crippen LogP contribution in [0, 0.1) is 6.92 Å². The quantitative estimate of drug-likeness (QED) is 0.230. The van der Waals surface area contributed by atoms with Gasteiger partial charge in [-0.15, -0.1) is 13.2 Å². The maximum absolute atomic E-state index is 13.5. The minimum absolute atomic E-state index is 0.0397. The van der Waals surface area contributed by atoms with Crippen molar-refractivity contribution in [1.82, 2.24) is 4.90 Å². The van der Waals surface area contributed by atoms with E-state index in [2.05, 4.69) is 15.4 Å². The molecule has 4 aromatic carbocycles. The molecule has 0 saturated carbocycles. The molecule has 0 bridgehead atoms. The number of carbonyl (C=O) groups is 2. The second-order valence-electron chi connectivity index (χ2n) is 10.2. The molecule has 222 valence electrons. The van der Waals surface area contributed by atoms with Crippen molar-refractivity contribution in [3.05, 3.63) is 108 Å². The SMILES string of the molecule is Cc1cc(OC(F)(F)F)cc(C(=O)Nc2cccc(OC3CCN(C(=O)Nc4ccccc4)CC3)c2)c1-c1ccccc1. The predicted molar refractivity (Wildman–Crippen MR) is 158 cm³/mol. The lowest BCUT2D eigenvalue weighted by atomic mass is 9.94. The van der Waals surface area contributed by atoms with Gasteiger partial charge < -0.3 is 25.0 Å². The minimum atomic E-state index is -4.90. The van der Waals surface area contributed by atoms with Crippen LogP contribution < -0.4 is 20.1 Å². The third-order valence-corrected chi connectivity index (χ3v) is 7.00. The number of carbonyl (C=O) groups excluding carboxylic acids is 2. The Morgan fingerprint density at radius 1 is 0.791 bits per heavy atom. The lowest BCUT2D eigenvalue weighted by molar-refractivity contribution is -0.274. The van der Waals surface area contributed by atoms with Crippen molar-refractivity contribution in [3.8, 4) is 22.6 Å². The Morgan fingerprint density at radius 2 is 1.44 bits per heavy atom. The number of hydrogen-bond acceptors (Lipinski definition) is 4. The monoisotopic (exact) mass is 589 g/mol. The van der Waals surface area contributed by atoms with Crippen molar-refractivity contribution in [2.24, 2.45) is 0 Å². The van der Waals surface area contributed by atoms with Gasteiger partial charge in [-0.1, -0.05) is 54.6 Å². The average molecular weight is 590 g/mol. The summed E-state index contributed by atoms with van der Waals surface area (Å²) in [5, 5.41) is 5.68. The number of para-hydroxylation sites is 1. The van der Waals surface area contributed by atoms with E-state index >= 15 is 0 Å². The van der Waals surface area contributed by atoms with E-state index in [1.54, 1.807) is 60.4 Å². The number of nitrogens with zero attached hydrogens (tertiary/aromatic N) is 1. The van der Waals surface area contributed by atoms with Gasteiger partial charge in [0, 0.05) is 43.4 Å². The standard InChI is InChI=1S/C33H30F3N3O4/c1-22-19-28(43-33(34,35)36)21-29(30(22)23-9-4-2-5-10-23)31(40)37-25-13-8-14-27(20-25)42-26-15-17-39(18-16-26)32(41)38-24-11-6-3-7-12-24/h2-14,19-21,26H,15-18H2,1H3,(H,37,40)(H,38,41). The highest BCUT2D eigenvalue weighted by atomic mass is 19.4. The minimum Gasteiger partial charge on any atom is -0.490 e. The largest absolute Gasteiger partial charge is 0.573 e. The number of rotatable bonds is 7. The fourth-order valence-corrected chi connectivity index (χ4v) is 5.05. The molecule has 1 heterocycles. The smallest absolute Gasteiger partial charge is 0.490 e. The maximum Gasteiger partial charge on any atom is 0.573 e. The highest BCUT2D eigenvalue weighted by Crippen LogP contribution is 2.34. The number of amides is 3. The fraction of sp³-hybridized carbons (Fsp3) is 0.212. The average Bonchev–Trinajstić information content (AvgIpc) is 2.97. The number of ether oxygens (including phenoxy) is 2. The van der Waals surface area contributed by atoms with Gasteiger partial charge in [0.05, 0.1) is 5.56 Å². The molecule has 1 aliphatic heterocycles. The molecule has 1 saturated heterocycles. The number of piperidine rings is 1. The van der Waals surface area contributed by atoms with Crippen molar-refractivity contribution in [2.75, 3.05) is 23.7 Å². The molecule has 10 heteroatoms. The molecule has 0 radical (unpaired) electrons. The summed E-state index contributed by atoms with van der Waals surface area (Å²) < 4.78 is 49.3. The van der Waals surface area contributed by atoms with Gasteiger partial charge in [-0.05, 0) is 60.0 Å². The van der Waals surface area contributed by atoms with E-state index < -0.39 is 18.0 Å². The Hall–Kier alpha value is -4.99. The highest BCUT2D eigenvalue weighted by molar-refractivity contribution is 6.09. The topological polar surface area (TPSA) is 79.9 Å². The summed E-state index contributed by atoms with van der Waals surface area (Å²) in [5.74, 6) is -0.543. The van der Waals surface area contributed by atoms with Gasteiger partial charge in [0.1, 0.15) is 17.6 Å². The first-order valence-corrected chi connectivity index (χ1v) is 13.8. The van der Waals surface area contributed by atoms with E-state index in [1.807, 2.05) is 36.4 Å². The first kappa shape index (κ1) is 29.5. The Labute approximate surface area is 247 Å². The van der Waals surface area contributed by atoms with E-state index in [0.717, 1.165) is 11.8 Å². The van der Waals surface area contributed by atoms with Crippen LogP contribution in [0.4, 0.5) is 29.3 Å². The van der Waals surface area contributed by atoms with Crippen LogP contribution in [0.3, 0.4) is 0 Å². The zero-order valence-corrected chi connectivity index (χ0v) is 23.4. The molecule has 5 rings (SSSR count). The Kier molecular flexibility index (Phi) is 8.85. The van der Waals surface area contributed by atoms with Crippen LogP contribution >= 0.6 is 0 Å². The number of aryl methyl sites for hydroxylation is 1. The summed E-state index contributed by atoms with van der Waals surface area (Å²) in [4.78, 5) is 27.8. The number of halogens is 3. The van der Waals surface area contributed by atoms with Gasteiger partial charge in [0.25, 0.3) is 5.91 Å². The summed E-state index contributed by atoms with van der Waals surface area (Å²) >= 11 is 0. The third kappa shape index (κ3) is 7.85. The molecule has 0 unspecified atom stereocenters.